The molecule has 0 aliphatic heterocycles. The summed E-state index contributed by atoms with van der Waals surface area (Å²) in [7, 11) is 3.44. The molecule has 0 spiro atoms. The summed E-state index contributed by atoms with van der Waals surface area (Å²) in [6, 6.07) is 1.26. The van der Waals surface area contributed by atoms with Gasteiger partial charge in [0.15, 0.2) is 11.6 Å². The second-order valence-corrected chi connectivity index (χ2v) is 4.06. The molecule has 0 aliphatic rings. The molecule has 0 aromatic carbocycles. The Kier molecular flexibility index (Phi) is 6.18. The van der Waals surface area contributed by atoms with Crippen LogP contribution in [0.3, 0.4) is 0 Å². The lowest BCUT2D eigenvalue weighted by Gasteiger charge is -2.18. The Hall–Kier alpha value is -0.910. The van der Waals surface area contributed by atoms with Crippen LogP contribution in [0, 0.1) is 5.82 Å². The Morgan fingerprint density at radius 1 is 1.53 bits per heavy atom. The fraction of sp³-hybridized carbons (Fsp3) is 0.545. The van der Waals surface area contributed by atoms with Crippen molar-refractivity contribution in [3.63, 3.8) is 0 Å². The molecule has 0 atom stereocenters. The third-order valence-corrected chi connectivity index (χ3v) is 2.46. The van der Waals surface area contributed by atoms with E-state index in [1.54, 1.807) is 19.1 Å². The Balaban J connectivity index is 2.38. The van der Waals surface area contributed by atoms with Gasteiger partial charge in [0.1, 0.15) is 0 Å². The predicted molar refractivity (Wildman–Crippen MR) is 67.2 cm³/mol. The third-order valence-electron chi connectivity index (χ3n) is 2.26. The second-order valence-electron chi connectivity index (χ2n) is 3.62. The highest BCUT2D eigenvalue weighted by Gasteiger charge is 2.09. The maximum absolute atomic E-state index is 13.5. The number of hydrogen-bond acceptors (Lipinski definition) is 4. The van der Waals surface area contributed by atoms with Crippen LogP contribution in [-0.4, -0.2) is 45.4 Å². The van der Waals surface area contributed by atoms with Crippen molar-refractivity contribution >= 4 is 17.4 Å². The van der Waals surface area contributed by atoms with E-state index < -0.39 is 5.82 Å². The molecule has 0 bridgehead atoms. The first-order valence-electron chi connectivity index (χ1n) is 5.37. The van der Waals surface area contributed by atoms with Gasteiger partial charge in [-0.25, -0.2) is 9.37 Å². The van der Waals surface area contributed by atoms with Crippen LogP contribution in [-0.2, 0) is 4.74 Å². The molecule has 4 nitrogen and oxygen atoms in total. The van der Waals surface area contributed by atoms with Crippen LogP contribution >= 0.6 is 11.6 Å². The average Bonchev–Trinajstić information content (AvgIpc) is 2.28. The van der Waals surface area contributed by atoms with Crippen molar-refractivity contribution in [1.82, 2.24) is 10.3 Å². The number of anilines is 1. The summed E-state index contributed by atoms with van der Waals surface area (Å²) >= 11 is 5.64. The second kappa shape index (κ2) is 7.42. The SMILES string of the molecule is COCCNCCN(C)c1ncc(Cl)cc1F. The standard InChI is InChI=1S/C11H17ClFN3O/c1-16(5-3-14-4-6-17-2)11-10(13)7-9(12)8-15-11/h7-8,14H,3-6H2,1-2H3. The number of aromatic nitrogens is 1. The maximum atomic E-state index is 13.5. The van der Waals surface area contributed by atoms with Gasteiger partial charge >= 0.3 is 0 Å². The summed E-state index contributed by atoms with van der Waals surface area (Å²) in [5, 5.41) is 3.48. The zero-order valence-electron chi connectivity index (χ0n) is 10.0. The van der Waals surface area contributed by atoms with Gasteiger partial charge in [-0.1, -0.05) is 11.6 Å². The summed E-state index contributed by atoms with van der Waals surface area (Å²) in [5.41, 5.74) is 0. The van der Waals surface area contributed by atoms with Gasteiger partial charge in [0.05, 0.1) is 11.6 Å². The van der Waals surface area contributed by atoms with Crippen LogP contribution in [0.25, 0.3) is 0 Å². The van der Waals surface area contributed by atoms with Gasteiger partial charge in [-0.3, -0.25) is 0 Å². The van der Waals surface area contributed by atoms with Gasteiger partial charge in [-0.15, -0.1) is 0 Å². The van der Waals surface area contributed by atoms with Crippen LogP contribution in [0.2, 0.25) is 5.02 Å². The van der Waals surface area contributed by atoms with E-state index in [9.17, 15) is 4.39 Å². The number of methoxy groups -OCH3 is 1. The Bertz CT molecular complexity index is 351. The molecular formula is C11H17ClFN3O. The molecule has 0 saturated carbocycles. The van der Waals surface area contributed by atoms with Crippen molar-refractivity contribution in [2.75, 3.05) is 45.3 Å². The lowest BCUT2D eigenvalue weighted by atomic mass is 10.4. The summed E-state index contributed by atoms with van der Waals surface area (Å²) in [4.78, 5) is 5.70. The topological polar surface area (TPSA) is 37.4 Å². The van der Waals surface area contributed by atoms with E-state index in [4.69, 9.17) is 16.3 Å². The summed E-state index contributed by atoms with van der Waals surface area (Å²) in [5.74, 6) is -0.0974. The zero-order valence-corrected chi connectivity index (χ0v) is 10.8. The van der Waals surface area contributed by atoms with Crippen LogP contribution in [0.15, 0.2) is 12.3 Å². The van der Waals surface area contributed by atoms with E-state index in [-0.39, 0.29) is 0 Å². The molecule has 1 rings (SSSR count). The van der Waals surface area contributed by atoms with E-state index in [0.717, 1.165) is 13.1 Å². The number of likely N-dealkylation sites (N-methyl/N-ethyl adjacent to an activating group) is 1. The number of hydrogen-bond donors (Lipinski definition) is 1. The van der Waals surface area contributed by atoms with Crippen molar-refractivity contribution < 1.29 is 9.13 Å². The molecule has 0 radical (unpaired) electrons. The number of rotatable bonds is 7. The van der Waals surface area contributed by atoms with Crippen molar-refractivity contribution in [1.29, 1.82) is 0 Å². The molecule has 1 N–H and O–H groups in total. The van der Waals surface area contributed by atoms with Gasteiger partial charge in [0.25, 0.3) is 0 Å². The van der Waals surface area contributed by atoms with Gasteiger partial charge in [0.2, 0.25) is 0 Å². The fourth-order valence-corrected chi connectivity index (χ4v) is 1.48. The predicted octanol–water partition coefficient (Wildman–Crippen LogP) is 1.55. The van der Waals surface area contributed by atoms with E-state index in [0.29, 0.717) is 24.0 Å². The van der Waals surface area contributed by atoms with E-state index >= 15 is 0 Å². The van der Waals surface area contributed by atoms with Crippen LogP contribution < -0.4 is 10.2 Å². The normalized spacial score (nSPS) is 10.6. The van der Waals surface area contributed by atoms with Gasteiger partial charge in [-0.2, -0.15) is 0 Å². The molecule has 1 heterocycles. The quantitative estimate of drug-likeness (QED) is 0.756. The number of halogens is 2. The van der Waals surface area contributed by atoms with Crippen molar-refractivity contribution in [2.45, 2.75) is 0 Å². The van der Waals surface area contributed by atoms with Crippen LogP contribution in [0.4, 0.5) is 10.2 Å². The largest absolute Gasteiger partial charge is 0.383 e. The van der Waals surface area contributed by atoms with E-state index in [2.05, 4.69) is 10.3 Å². The minimum absolute atomic E-state index is 0.304. The minimum Gasteiger partial charge on any atom is -0.383 e. The monoisotopic (exact) mass is 261 g/mol. The first-order valence-corrected chi connectivity index (χ1v) is 5.74. The Morgan fingerprint density at radius 2 is 2.29 bits per heavy atom. The highest BCUT2D eigenvalue weighted by molar-refractivity contribution is 6.30. The highest BCUT2D eigenvalue weighted by atomic mass is 35.5. The number of nitrogens with zero attached hydrogens (tertiary/aromatic N) is 2. The van der Waals surface area contributed by atoms with Crippen LogP contribution in [0.5, 0.6) is 0 Å². The Labute approximate surface area is 106 Å². The van der Waals surface area contributed by atoms with Crippen molar-refractivity contribution in [3.05, 3.63) is 23.1 Å². The smallest absolute Gasteiger partial charge is 0.167 e. The lowest BCUT2D eigenvalue weighted by Crippen LogP contribution is -2.31. The molecule has 0 fully saturated rings. The molecule has 1 aromatic rings. The molecule has 1 aromatic heterocycles. The molecule has 0 saturated heterocycles. The molecule has 0 unspecified atom stereocenters. The Morgan fingerprint density at radius 3 is 2.94 bits per heavy atom. The zero-order chi connectivity index (χ0) is 12.7. The summed E-state index contributed by atoms with van der Waals surface area (Å²) in [6.45, 7) is 2.84. The summed E-state index contributed by atoms with van der Waals surface area (Å²) in [6.07, 6.45) is 1.44. The number of nitrogens with one attached hydrogen (secondary N) is 1. The molecule has 17 heavy (non-hydrogen) atoms. The fourth-order valence-electron chi connectivity index (χ4n) is 1.34. The van der Waals surface area contributed by atoms with Gasteiger partial charge < -0.3 is 15.0 Å². The van der Waals surface area contributed by atoms with Crippen molar-refractivity contribution in [3.8, 4) is 0 Å². The van der Waals surface area contributed by atoms with E-state index in [1.807, 2.05) is 0 Å². The summed E-state index contributed by atoms with van der Waals surface area (Å²) < 4.78 is 18.4. The molecule has 6 heteroatoms. The lowest BCUT2D eigenvalue weighted by molar-refractivity contribution is 0.200. The van der Waals surface area contributed by atoms with Gasteiger partial charge in [-0.05, 0) is 6.07 Å². The first-order chi connectivity index (χ1) is 8.15. The first kappa shape index (κ1) is 14.2. The maximum Gasteiger partial charge on any atom is 0.167 e. The van der Waals surface area contributed by atoms with E-state index in [1.165, 1.54) is 12.3 Å². The molecule has 96 valence electrons. The highest BCUT2D eigenvalue weighted by Crippen LogP contribution is 2.17. The molecular weight excluding hydrogens is 245 g/mol. The number of ether oxygens (including phenoxy) is 1. The number of pyridine rings is 1. The molecule has 0 aliphatic carbocycles. The average molecular weight is 262 g/mol. The van der Waals surface area contributed by atoms with Gasteiger partial charge in [0, 0.05) is 40.0 Å². The third kappa shape index (κ3) is 4.85. The van der Waals surface area contributed by atoms with Crippen LogP contribution in [0.1, 0.15) is 0 Å². The molecule has 0 amide bonds. The minimum atomic E-state index is -0.406. The van der Waals surface area contributed by atoms with Crippen molar-refractivity contribution in [2.24, 2.45) is 0 Å².